The van der Waals surface area contributed by atoms with Crippen LogP contribution in [0, 0.1) is 0 Å². The van der Waals surface area contributed by atoms with Gasteiger partial charge in [0.2, 0.25) is 23.6 Å². The van der Waals surface area contributed by atoms with E-state index in [1.54, 1.807) is 0 Å². The van der Waals surface area contributed by atoms with E-state index in [4.69, 9.17) is 33.8 Å². The zero-order chi connectivity index (χ0) is 29.3. The zero-order valence-corrected chi connectivity index (χ0v) is 21.1. The van der Waals surface area contributed by atoms with Crippen molar-refractivity contribution in [2.75, 3.05) is 13.1 Å². The lowest BCUT2D eigenvalue weighted by Gasteiger charge is -2.24. The molecule has 0 aromatic carbocycles. The van der Waals surface area contributed by atoms with E-state index >= 15 is 0 Å². The Labute approximate surface area is 219 Å². The molecule has 15 N–H and O–H groups in total. The monoisotopic (exact) mass is 545 g/mol. The summed E-state index contributed by atoms with van der Waals surface area (Å²) in [4.78, 5) is 76.0. The molecule has 0 aliphatic heterocycles. The van der Waals surface area contributed by atoms with Crippen molar-refractivity contribution in [2.45, 2.75) is 75.5 Å². The molecule has 4 unspecified atom stereocenters. The predicted molar refractivity (Wildman–Crippen MR) is 135 cm³/mol. The molecule has 0 saturated heterocycles. The number of carbonyl (C=O) groups excluding carboxylic acids is 4. The Morgan fingerprint density at radius 2 is 1.32 bits per heavy atom. The minimum absolute atomic E-state index is 0.0750. The SMILES string of the molecule is NCCCCC(N)C(=O)NC(CCC(=O)O)C(=O)NC(CC(N)=O)C(=O)NC(CCCN=C(N)N)C(=O)O. The Morgan fingerprint density at radius 1 is 0.737 bits per heavy atom. The first-order valence-electron chi connectivity index (χ1n) is 11.9. The fourth-order valence-electron chi connectivity index (χ4n) is 3.17. The van der Waals surface area contributed by atoms with Gasteiger partial charge in [-0.25, -0.2) is 4.79 Å². The van der Waals surface area contributed by atoms with Crippen LogP contribution in [0.15, 0.2) is 4.99 Å². The van der Waals surface area contributed by atoms with Crippen LogP contribution in [0.25, 0.3) is 0 Å². The van der Waals surface area contributed by atoms with E-state index in [-0.39, 0.29) is 38.2 Å². The molecule has 17 nitrogen and oxygen atoms in total. The molecule has 0 aliphatic rings. The van der Waals surface area contributed by atoms with Gasteiger partial charge in [0.05, 0.1) is 12.5 Å². The number of nitrogens with zero attached hydrogens (tertiary/aromatic N) is 1. The highest BCUT2D eigenvalue weighted by molar-refractivity contribution is 5.96. The maximum absolute atomic E-state index is 12.9. The smallest absolute Gasteiger partial charge is 0.326 e. The Kier molecular flexibility index (Phi) is 16.4. The molecule has 4 amide bonds. The summed E-state index contributed by atoms with van der Waals surface area (Å²) in [5, 5.41) is 25.2. The first-order chi connectivity index (χ1) is 17.8. The van der Waals surface area contributed by atoms with Gasteiger partial charge in [0, 0.05) is 13.0 Å². The number of aliphatic imine (C=N–C) groups is 1. The number of carbonyl (C=O) groups is 6. The molecule has 38 heavy (non-hydrogen) atoms. The molecule has 0 aromatic rings. The maximum atomic E-state index is 12.9. The number of carboxylic acid groups (broad SMARTS) is 2. The third-order valence-corrected chi connectivity index (χ3v) is 5.18. The van der Waals surface area contributed by atoms with E-state index in [0.717, 1.165) is 0 Å². The lowest BCUT2D eigenvalue weighted by atomic mass is 10.1. The van der Waals surface area contributed by atoms with Crippen molar-refractivity contribution in [1.82, 2.24) is 16.0 Å². The van der Waals surface area contributed by atoms with Gasteiger partial charge in [-0.05, 0) is 38.6 Å². The number of nitrogens with one attached hydrogen (secondary N) is 3. The van der Waals surface area contributed by atoms with Crippen LogP contribution in [-0.2, 0) is 28.8 Å². The highest BCUT2D eigenvalue weighted by Crippen LogP contribution is 2.05. The van der Waals surface area contributed by atoms with Crippen LogP contribution in [0.5, 0.6) is 0 Å². The van der Waals surface area contributed by atoms with Gasteiger partial charge in [0.15, 0.2) is 5.96 Å². The summed E-state index contributed by atoms with van der Waals surface area (Å²) in [5.74, 6) is -6.56. The summed E-state index contributed by atoms with van der Waals surface area (Å²) in [6.45, 7) is 0.503. The number of primary amides is 1. The summed E-state index contributed by atoms with van der Waals surface area (Å²) in [5.41, 5.74) is 26.8. The van der Waals surface area contributed by atoms with Crippen LogP contribution in [0.4, 0.5) is 0 Å². The lowest BCUT2D eigenvalue weighted by molar-refractivity contribution is -0.142. The van der Waals surface area contributed by atoms with Gasteiger partial charge < -0.3 is 54.8 Å². The highest BCUT2D eigenvalue weighted by Gasteiger charge is 2.31. The van der Waals surface area contributed by atoms with Crippen LogP contribution >= 0.6 is 0 Å². The van der Waals surface area contributed by atoms with Crippen molar-refractivity contribution in [3.8, 4) is 0 Å². The molecule has 216 valence electrons. The fourth-order valence-corrected chi connectivity index (χ4v) is 3.17. The molecule has 0 aromatic heterocycles. The highest BCUT2D eigenvalue weighted by atomic mass is 16.4. The van der Waals surface area contributed by atoms with Crippen LogP contribution in [-0.4, -0.2) is 89.0 Å². The van der Waals surface area contributed by atoms with E-state index in [2.05, 4.69) is 20.9 Å². The van der Waals surface area contributed by atoms with Crippen molar-refractivity contribution in [3.05, 3.63) is 0 Å². The van der Waals surface area contributed by atoms with Crippen molar-refractivity contribution >= 4 is 41.5 Å². The van der Waals surface area contributed by atoms with Gasteiger partial charge in [-0.2, -0.15) is 0 Å². The van der Waals surface area contributed by atoms with Gasteiger partial charge in [-0.15, -0.1) is 0 Å². The van der Waals surface area contributed by atoms with Gasteiger partial charge in [0.25, 0.3) is 0 Å². The third kappa shape index (κ3) is 15.2. The standard InChI is InChI=1S/C21H39N9O8/c22-8-2-1-4-11(23)17(34)28-12(6-7-16(32)33)18(35)30-14(10-15(24)31)19(36)29-13(20(37)38)5-3-9-27-21(25)26/h11-14H,1-10,22-23H2,(H2,24,31)(H,28,34)(H,29,36)(H,30,35)(H,32,33)(H,37,38)(H4,25,26,27). The summed E-state index contributed by atoms with van der Waals surface area (Å²) in [6, 6.07) is -5.43. The summed E-state index contributed by atoms with van der Waals surface area (Å²) in [6.07, 6.45) is -0.00155. The van der Waals surface area contributed by atoms with Crippen LogP contribution in [0.3, 0.4) is 0 Å². The summed E-state index contributed by atoms with van der Waals surface area (Å²) in [7, 11) is 0. The largest absolute Gasteiger partial charge is 0.481 e. The Morgan fingerprint density at radius 3 is 1.84 bits per heavy atom. The second kappa shape index (κ2) is 18.3. The molecule has 17 heteroatoms. The van der Waals surface area contributed by atoms with E-state index in [9.17, 15) is 33.9 Å². The molecule has 0 rings (SSSR count). The van der Waals surface area contributed by atoms with Crippen LogP contribution in [0.1, 0.15) is 51.4 Å². The zero-order valence-electron chi connectivity index (χ0n) is 21.1. The van der Waals surface area contributed by atoms with Gasteiger partial charge in [-0.3, -0.25) is 29.0 Å². The number of hydrogen-bond donors (Lipinski definition) is 10. The quantitative estimate of drug-likeness (QED) is 0.0395. The predicted octanol–water partition coefficient (Wildman–Crippen LogP) is -4.22. The Hall–Kier alpha value is -3.99. The Bertz CT molecular complexity index is 864. The first-order valence-corrected chi connectivity index (χ1v) is 11.9. The van der Waals surface area contributed by atoms with Crippen molar-refractivity contribution < 1.29 is 39.0 Å². The minimum atomic E-state index is -1.61. The normalized spacial score (nSPS) is 13.7. The number of hydrogen-bond acceptors (Lipinski definition) is 9. The van der Waals surface area contributed by atoms with Crippen LogP contribution < -0.4 is 44.6 Å². The van der Waals surface area contributed by atoms with Gasteiger partial charge in [-0.1, -0.05) is 6.42 Å². The Balaban J connectivity index is 5.50. The number of nitrogens with two attached hydrogens (primary N) is 5. The van der Waals surface area contributed by atoms with E-state index in [1.807, 2.05) is 0 Å². The van der Waals surface area contributed by atoms with Crippen LogP contribution in [0.2, 0.25) is 0 Å². The van der Waals surface area contributed by atoms with Crippen molar-refractivity contribution in [2.24, 2.45) is 33.7 Å². The molecule has 0 bridgehead atoms. The molecule has 4 atom stereocenters. The topological polar surface area (TPSA) is 321 Å². The maximum Gasteiger partial charge on any atom is 0.326 e. The number of guanidine groups is 1. The number of unbranched alkanes of at least 4 members (excludes halogenated alkanes) is 1. The van der Waals surface area contributed by atoms with E-state index in [0.29, 0.717) is 19.4 Å². The molecule has 0 heterocycles. The van der Waals surface area contributed by atoms with E-state index in [1.165, 1.54) is 0 Å². The fraction of sp³-hybridized carbons (Fsp3) is 0.667. The first kappa shape index (κ1) is 34.0. The van der Waals surface area contributed by atoms with Gasteiger partial charge in [0.1, 0.15) is 18.1 Å². The average molecular weight is 546 g/mol. The van der Waals surface area contributed by atoms with E-state index < -0.39 is 72.6 Å². The minimum Gasteiger partial charge on any atom is -0.481 e. The number of amides is 4. The summed E-state index contributed by atoms with van der Waals surface area (Å²) >= 11 is 0. The molecule has 0 saturated carbocycles. The molecular weight excluding hydrogens is 506 g/mol. The third-order valence-electron chi connectivity index (χ3n) is 5.18. The number of rotatable bonds is 20. The molecule has 0 spiro atoms. The lowest BCUT2D eigenvalue weighted by Crippen LogP contribution is -2.57. The number of aliphatic carboxylic acids is 2. The molecular formula is C21H39N9O8. The molecule has 0 aliphatic carbocycles. The summed E-state index contributed by atoms with van der Waals surface area (Å²) < 4.78 is 0. The molecule has 0 fully saturated rings. The van der Waals surface area contributed by atoms with Crippen molar-refractivity contribution in [1.29, 1.82) is 0 Å². The number of carboxylic acids is 2. The average Bonchev–Trinajstić information content (AvgIpc) is 2.82. The molecule has 0 radical (unpaired) electrons. The second-order valence-corrected chi connectivity index (χ2v) is 8.46. The van der Waals surface area contributed by atoms with Gasteiger partial charge >= 0.3 is 11.9 Å². The second-order valence-electron chi connectivity index (χ2n) is 8.46. The van der Waals surface area contributed by atoms with Crippen molar-refractivity contribution in [3.63, 3.8) is 0 Å².